The maximum atomic E-state index is 14.7. The third-order valence-corrected chi connectivity index (χ3v) is 10.5. The van der Waals surface area contributed by atoms with Crippen molar-refractivity contribution in [2.75, 3.05) is 27.3 Å². The summed E-state index contributed by atoms with van der Waals surface area (Å²) < 4.78 is 68.2. The van der Waals surface area contributed by atoms with E-state index in [-0.39, 0.29) is 11.6 Å². The number of aromatic nitrogens is 4. The second-order valence-electron chi connectivity index (χ2n) is 15.6. The summed E-state index contributed by atoms with van der Waals surface area (Å²) in [6.45, 7) is 5.15. The predicted molar refractivity (Wildman–Crippen MR) is 210 cm³/mol. The molecule has 18 heteroatoms. The monoisotopic (exact) mass is 834 g/mol. The fourth-order valence-electron chi connectivity index (χ4n) is 7.26. The first-order valence-electron chi connectivity index (χ1n) is 19.3. The van der Waals surface area contributed by atoms with Gasteiger partial charge in [0, 0.05) is 24.0 Å². The zero-order chi connectivity index (χ0) is 43.5. The van der Waals surface area contributed by atoms with Crippen LogP contribution in [-0.4, -0.2) is 105 Å². The largest absolute Gasteiger partial charge is 0.453 e. The van der Waals surface area contributed by atoms with Gasteiger partial charge in [-0.2, -0.15) is 0 Å². The number of nitrogens with one attached hydrogen (secondary N) is 4. The van der Waals surface area contributed by atoms with E-state index < -0.39 is 97.8 Å². The molecule has 0 aliphatic carbocycles. The molecule has 0 spiro atoms. The van der Waals surface area contributed by atoms with E-state index in [1.165, 1.54) is 12.4 Å². The van der Waals surface area contributed by atoms with Crippen molar-refractivity contribution in [1.29, 1.82) is 0 Å². The molecule has 0 unspecified atom stereocenters. The Kier molecular flexibility index (Phi) is 12.6. The van der Waals surface area contributed by atoms with Gasteiger partial charge in [-0.05, 0) is 47.2 Å². The lowest BCUT2D eigenvalue weighted by molar-refractivity contribution is -0.137. The molecule has 2 aliphatic rings. The second-order valence-corrected chi connectivity index (χ2v) is 15.6. The zero-order valence-electron chi connectivity index (χ0n) is 33.8. The Morgan fingerprint density at radius 3 is 1.33 bits per heavy atom. The van der Waals surface area contributed by atoms with Gasteiger partial charge in [-0.1, -0.05) is 63.8 Å². The highest BCUT2D eigenvalue weighted by atomic mass is 19.3. The standard InChI is InChI=1S/C42H46F4N8O6/c1-23(2)33(51-39(57)59-5)37(55)53-21-41(43,44)17-31(53)35-47-19-29(49-35)27-13-9-25(10-14-27)7-8-26-11-15-28(16-12-26)30-20-48-36(50-30)32-18-42(45,46)22-54(32)38(56)34(24(3)4)52-40(58)60-6/h9-16,19-20,23-24,31-34H,17-18,21-22H2,1-6H3,(H,47,49)(H,48,50)(H,51,57)(H,52,58)/t31-,32-,33-,34+/m0/s1. The number of hydrogen-bond donors (Lipinski definition) is 4. The van der Waals surface area contributed by atoms with Crippen molar-refractivity contribution in [3.8, 4) is 34.4 Å². The fraction of sp³-hybridized carbons (Fsp3) is 0.429. The number of methoxy groups -OCH3 is 2. The minimum absolute atomic E-state index is 0.191. The van der Waals surface area contributed by atoms with Crippen LogP contribution in [0.1, 0.15) is 75.4 Å². The maximum absolute atomic E-state index is 14.7. The first-order chi connectivity index (χ1) is 28.4. The molecule has 2 saturated heterocycles. The van der Waals surface area contributed by atoms with Gasteiger partial charge in [0.05, 0.1) is 63.2 Å². The Hall–Kier alpha value is -6.38. The fourth-order valence-corrected chi connectivity index (χ4v) is 7.26. The number of hydrogen-bond acceptors (Lipinski definition) is 8. The van der Waals surface area contributed by atoms with Crippen LogP contribution < -0.4 is 10.6 Å². The molecule has 60 heavy (non-hydrogen) atoms. The first kappa shape index (κ1) is 43.2. The van der Waals surface area contributed by atoms with Crippen LogP contribution in [-0.2, 0) is 19.1 Å². The molecular weight excluding hydrogens is 789 g/mol. The van der Waals surface area contributed by atoms with Crippen LogP contribution in [0.2, 0.25) is 0 Å². The van der Waals surface area contributed by atoms with Gasteiger partial charge in [0.25, 0.3) is 11.8 Å². The van der Waals surface area contributed by atoms with E-state index in [9.17, 15) is 36.7 Å². The molecule has 14 nitrogen and oxygen atoms in total. The molecule has 0 bridgehead atoms. The van der Waals surface area contributed by atoms with Gasteiger partial charge in [0.2, 0.25) is 11.8 Å². The molecule has 4 N–H and O–H groups in total. The number of nitrogens with zero attached hydrogens (tertiary/aromatic N) is 4. The molecule has 0 saturated carbocycles. The first-order valence-corrected chi connectivity index (χ1v) is 19.3. The Balaban J connectivity index is 1.11. The summed E-state index contributed by atoms with van der Waals surface area (Å²) in [6, 6.07) is 10.1. The summed E-state index contributed by atoms with van der Waals surface area (Å²) in [6.07, 6.45) is 0.0832. The van der Waals surface area contributed by atoms with Crippen LogP contribution in [0.15, 0.2) is 60.9 Å². The minimum Gasteiger partial charge on any atom is -0.453 e. The van der Waals surface area contributed by atoms with Crippen LogP contribution in [0.25, 0.3) is 22.5 Å². The lowest BCUT2D eigenvalue weighted by atomic mass is 10.0. The Morgan fingerprint density at radius 2 is 1.02 bits per heavy atom. The third-order valence-electron chi connectivity index (χ3n) is 10.5. The molecule has 4 heterocycles. The number of amides is 4. The lowest BCUT2D eigenvalue weighted by Crippen LogP contribution is -2.51. The molecule has 2 fully saturated rings. The minimum atomic E-state index is -3.16. The van der Waals surface area contributed by atoms with E-state index in [1.54, 1.807) is 76.2 Å². The third kappa shape index (κ3) is 9.73. The molecule has 0 radical (unpaired) electrons. The molecule has 4 atom stereocenters. The number of aromatic amines is 2. The van der Waals surface area contributed by atoms with Gasteiger partial charge in [-0.15, -0.1) is 0 Å². The molecule has 2 aromatic heterocycles. The number of carbonyl (C=O) groups excluding carboxylic acids is 4. The molecule has 6 rings (SSSR count). The highest BCUT2D eigenvalue weighted by Gasteiger charge is 2.51. The molecule has 2 aliphatic heterocycles. The Labute approximate surface area is 343 Å². The van der Waals surface area contributed by atoms with Crippen molar-refractivity contribution in [3.05, 3.63) is 83.7 Å². The van der Waals surface area contributed by atoms with Gasteiger partial charge < -0.3 is 39.9 Å². The van der Waals surface area contributed by atoms with Crippen LogP contribution in [0.5, 0.6) is 0 Å². The number of alkyl carbamates (subject to hydrolysis) is 2. The zero-order valence-corrected chi connectivity index (χ0v) is 33.8. The summed E-state index contributed by atoms with van der Waals surface area (Å²) in [5, 5.41) is 4.90. The number of H-pyrrole nitrogens is 2. The normalized spacial score (nSPS) is 19.1. The van der Waals surface area contributed by atoms with E-state index in [0.29, 0.717) is 33.6 Å². The van der Waals surface area contributed by atoms with Gasteiger partial charge >= 0.3 is 12.2 Å². The molecule has 2 aromatic carbocycles. The van der Waals surface area contributed by atoms with Crippen molar-refractivity contribution in [3.63, 3.8) is 0 Å². The number of alkyl halides is 4. The Bertz CT molecular complexity index is 2110. The number of ether oxygens (including phenoxy) is 2. The van der Waals surface area contributed by atoms with Gasteiger partial charge in [-0.25, -0.2) is 37.1 Å². The highest BCUT2D eigenvalue weighted by molar-refractivity contribution is 5.87. The maximum Gasteiger partial charge on any atom is 0.407 e. The van der Waals surface area contributed by atoms with Crippen molar-refractivity contribution < 1.29 is 46.2 Å². The van der Waals surface area contributed by atoms with E-state index in [2.05, 4.69) is 51.9 Å². The van der Waals surface area contributed by atoms with Crippen LogP contribution in [0.4, 0.5) is 27.2 Å². The summed E-state index contributed by atoms with van der Waals surface area (Å²) in [5.74, 6) is -1.82. The average Bonchev–Trinajstić information content (AvgIpc) is 4.03. The van der Waals surface area contributed by atoms with Crippen LogP contribution in [0, 0.1) is 23.7 Å². The summed E-state index contributed by atoms with van der Waals surface area (Å²) in [5.41, 5.74) is 3.91. The molecule has 318 valence electrons. The van der Waals surface area contributed by atoms with E-state index >= 15 is 0 Å². The van der Waals surface area contributed by atoms with Gasteiger partial charge in [0.15, 0.2) is 0 Å². The average molecular weight is 835 g/mol. The van der Waals surface area contributed by atoms with E-state index in [4.69, 9.17) is 0 Å². The summed E-state index contributed by atoms with van der Waals surface area (Å²) in [7, 11) is 2.31. The summed E-state index contributed by atoms with van der Waals surface area (Å²) in [4.78, 5) is 67.7. The quantitative estimate of drug-likeness (QED) is 0.104. The van der Waals surface area contributed by atoms with Crippen molar-refractivity contribution in [2.24, 2.45) is 11.8 Å². The van der Waals surface area contributed by atoms with Crippen LogP contribution in [0.3, 0.4) is 0 Å². The van der Waals surface area contributed by atoms with E-state index in [0.717, 1.165) is 24.0 Å². The number of rotatable bonds is 10. The van der Waals surface area contributed by atoms with Gasteiger partial charge in [0.1, 0.15) is 23.7 Å². The Morgan fingerprint density at radius 1 is 0.667 bits per heavy atom. The molecule has 4 aromatic rings. The van der Waals surface area contributed by atoms with E-state index in [1.807, 2.05) is 0 Å². The second kappa shape index (κ2) is 17.5. The molecule has 4 amide bonds. The number of carbonyl (C=O) groups is 4. The van der Waals surface area contributed by atoms with Crippen molar-refractivity contribution in [1.82, 2.24) is 40.4 Å². The smallest absolute Gasteiger partial charge is 0.407 e. The predicted octanol–water partition coefficient (Wildman–Crippen LogP) is 6.45. The highest BCUT2D eigenvalue weighted by Crippen LogP contribution is 2.42. The SMILES string of the molecule is COC(=O)N[C@H](C(=O)N1CC(F)(F)C[C@H]1c1ncc(-c2ccc(C#Cc3ccc(-c4cnc([C@@H]5CC(F)(F)CN5C(=O)[C@H](NC(=O)OC)C(C)C)[nH]4)cc3)cc2)[nH]1)C(C)C. The molecular formula is C42H46F4N8O6. The van der Waals surface area contributed by atoms with Crippen LogP contribution >= 0.6 is 0 Å². The summed E-state index contributed by atoms with van der Waals surface area (Å²) >= 11 is 0. The lowest BCUT2D eigenvalue weighted by Gasteiger charge is -2.29. The number of imidazole rings is 2. The van der Waals surface area contributed by atoms with Crippen molar-refractivity contribution >= 4 is 24.0 Å². The topological polar surface area (TPSA) is 175 Å². The number of likely N-dealkylation sites (tertiary alicyclic amines) is 2. The number of halogens is 4. The van der Waals surface area contributed by atoms with Gasteiger partial charge in [-0.3, -0.25) is 9.59 Å². The number of benzene rings is 2. The van der Waals surface area contributed by atoms with Crippen molar-refractivity contribution in [2.45, 2.75) is 76.5 Å².